The highest BCUT2D eigenvalue weighted by Gasteiger charge is 2.26. The predicted molar refractivity (Wildman–Crippen MR) is 108 cm³/mol. The smallest absolute Gasteiger partial charge is 0.275 e. The lowest BCUT2D eigenvalue weighted by molar-refractivity contribution is 0.102. The fourth-order valence-corrected chi connectivity index (χ4v) is 4.00. The molecule has 7 nitrogen and oxygen atoms in total. The molecule has 1 aromatic carbocycles. The summed E-state index contributed by atoms with van der Waals surface area (Å²) in [5.74, 6) is -1.61. The van der Waals surface area contributed by atoms with Crippen molar-refractivity contribution in [3.05, 3.63) is 59.4 Å². The standard InChI is InChI=1S/C20H18F2N4O3S/c21-13-2-1-3-14(22)18(13)20-26-16(10-30-20)19(28)25-15-8-23-5-4-17(15)29-12-6-11(9-27)24-7-12/h1-5,8,10-12,24,27H,6-7,9H2,(H,25,28)/t11-,12-/m0/s1. The number of hydrogen-bond acceptors (Lipinski definition) is 7. The molecule has 0 unspecified atom stereocenters. The third kappa shape index (κ3) is 4.30. The maximum Gasteiger partial charge on any atom is 0.275 e. The van der Waals surface area contributed by atoms with Crippen LogP contribution in [0.4, 0.5) is 14.5 Å². The van der Waals surface area contributed by atoms with E-state index in [2.05, 4.69) is 20.6 Å². The van der Waals surface area contributed by atoms with Gasteiger partial charge < -0.3 is 20.5 Å². The topological polar surface area (TPSA) is 96.4 Å². The normalized spacial score (nSPS) is 18.4. The molecule has 10 heteroatoms. The number of aliphatic hydroxyl groups excluding tert-OH is 1. The number of hydrogen-bond donors (Lipinski definition) is 3. The molecule has 1 aliphatic heterocycles. The Morgan fingerprint density at radius 3 is 2.87 bits per heavy atom. The van der Waals surface area contributed by atoms with Crippen molar-refractivity contribution in [2.45, 2.75) is 18.6 Å². The summed E-state index contributed by atoms with van der Waals surface area (Å²) in [6.07, 6.45) is 3.47. The average Bonchev–Trinajstić information content (AvgIpc) is 3.39. The largest absolute Gasteiger partial charge is 0.487 e. The van der Waals surface area contributed by atoms with Crippen molar-refractivity contribution in [3.8, 4) is 16.3 Å². The van der Waals surface area contributed by atoms with Crippen molar-refractivity contribution >= 4 is 22.9 Å². The molecule has 0 saturated carbocycles. The highest BCUT2D eigenvalue weighted by Crippen LogP contribution is 2.30. The Morgan fingerprint density at radius 2 is 2.13 bits per heavy atom. The minimum atomic E-state index is -0.745. The molecule has 2 atom stereocenters. The SMILES string of the molecule is O=C(Nc1cnccc1O[C@@H]1CN[C@H](CO)C1)c1csc(-c2c(F)cccc2F)n1. The molecule has 1 saturated heterocycles. The van der Waals surface area contributed by atoms with Crippen LogP contribution in [-0.2, 0) is 0 Å². The van der Waals surface area contributed by atoms with Gasteiger partial charge in [-0.15, -0.1) is 11.3 Å². The van der Waals surface area contributed by atoms with Crippen LogP contribution in [-0.4, -0.2) is 46.3 Å². The molecule has 4 rings (SSSR count). The monoisotopic (exact) mass is 432 g/mol. The van der Waals surface area contributed by atoms with E-state index in [4.69, 9.17) is 4.74 Å². The van der Waals surface area contributed by atoms with Gasteiger partial charge in [-0.05, 0) is 12.1 Å². The van der Waals surface area contributed by atoms with Gasteiger partial charge in [0.25, 0.3) is 5.91 Å². The molecule has 3 N–H and O–H groups in total. The first-order chi connectivity index (χ1) is 14.5. The lowest BCUT2D eigenvalue weighted by Gasteiger charge is -2.16. The number of amides is 1. The van der Waals surface area contributed by atoms with E-state index >= 15 is 0 Å². The summed E-state index contributed by atoms with van der Waals surface area (Å²) >= 11 is 0.972. The first kappa shape index (κ1) is 20.3. The molecule has 1 aliphatic rings. The van der Waals surface area contributed by atoms with Crippen LogP contribution in [0.15, 0.2) is 42.0 Å². The Hall–Kier alpha value is -2.95. The third-order valence-corrected chi connectivity index (χ3v) is 5.50. The maximum atomic E-state index is 14.0. The number of nitrogens with one attached hydrogen (secondary N) is 2. The maximum absolute atomic E-state index is 14.0. The number of pyridine rings is 1. The predicted octanol–water partition coefficient (Wildman–Crippen LogP) is 2.84. The van der Waals surface area contributed by atoms with Gasteiger partial charge in [-0.3, -0.25) is 9.78 Å². The lowest BCUT2D eigenvalue weighted by Crippen LogP contribution is -2.25. The lowest BCUT2D eigenvalue weighted by atomic mass is 10.2. The Labute approximate surface area is 174 Å². The van der Waals surface area contributed by atoms with E-state index in [1.807, 2.05) is 0 Å². The molecule has 1 fully saturated rings. The molecular weight excluding hydrogens is 414 g/mol. The Morgan fingerprint density at radius 1 is 1.33 bits per heavy atom. The summed E-state index contributed by atoms with van der Waals surface area (Å²) in [5.41, 5.74) is 0.107. The number of rotatable bonds is 6. The molecule has 0 radical (unpaired) electrons. The number of anilines is 1. The fraction of sp³-hybridized carbons (Fsp3) is 0.250. The highest BCUT2D eigenvalue weighted by atomic mass is 32.1. The molecular formula is C20H18F2N4O3S. The van der Waals surface area contributed by atoms with Crippen LogP contribution in [0.1, 0.15) is 16.9 Å². The van der Waals surface area contributed by atoms with E-state index in [-0.39, 0.29) is 35.0 Å². The number of benzene rings is 1. The van der Waals surface area contributed by atoms with Crippen molar-refractivity contribution < 1.29 is 23.4 Å². The van der Waals surface area contributed by atoms with E-state index in [9.17, 15) is 18.7 Å². The van der Waals surface area contributed by atoms with E-state index in [0.717, 1.165) is 23.5 Å². The van der Waals surface area contributed by atoms with E-state index in [0.29, 0.717) is 24.4 Å². The van der Waals surface area contributed by atoms with Crippen molar-refractivity contribution in [2.24, 2.45) is 0 Å². The third-order valence-electron chi connectivity index (χ3n) is 4.64. The Bertz CT molecular complexity index is 1040. The summed E-state index contributed by atoms with van der Waals surface area (Å²) in [5, 5.41) is 16.6. The van der Waals surface area contributed by atoms with Crippen LogP contribution < -0.4 is 15.4 Å². The minimum absolute atomic E-state index is 0.0224. The zero-order chi connectivity index (χ0) is 21.1. The van der Waals surface area contributed by atoms with Gasteiger partial charge in [0.1, 0.15) is 39.9 Å². The van der Waals surface area contributed by atoms with Gasteiger partial charge in [-0.25, -0.2) is 13.8 Å². The van der Waals surface area contributed by atoms with Crippen LogP contribution in [0.3, 0.4) is 0 Å². The number of ether oxygens (including phenoxy) is 1. The molecule has 0 spiro atoms. The second-order valence-electron chi connectivity index (χ2n) is 6.72. The molecule has 30 heavy (non-hydrogen) atoms. The fourth-order valence-electron chi connectivity index (χ4n) is 3.15. The van der Waals surface area contributed by atoms with Gasteiger partial charge in [0, 0.05) is 36.7 Å². The average molecular weight is 432 g/mol. The van der Waals surface area contributed by atoms with Gasteiger partial charge in [-0.2, -0.15) is 0 Å². The number of carbonyl (C=O) groups is 1. The van der Waals surface area contributed by atoms with E-state index < -0.39 is 17.5 Å². The van der Waals surface area contributed by atoms with Gasteiger partial charge in [-0.1, -0.05) is 6.07 Å². The van der Waals surface area contributed by atoms with Crippen LogP contribution >= 0.6 is 11.3 Å². The van der Waals surface area contributed by atoms with Crippen LogP contribution in [0.5, 0.6) is 5.75 Å². The Kier molecular flexibility index (Phi) is 5.98. The van der Waals surface area contributed by atoms with Crippen molar-refractivity contribution in [2.75, 3.05) is 18.5 Å². The second kappa shape index (κ2) is 8.82. The molecule has 3 aromatic rings. The van der Waals surface area contributed by atoms with Gasteiger partial charge in [0.15, 0.2) is 0 Å². The zero-order valence-corrected chi connectivity index (χ0v) is 16.5. The first-order valence-electron chi connectivity index (χ1n) is 9.21. The molecule has 156 valence electrons. The van der Waals surface area contributed by atoms with Crippen molar-refractivity contribution in [1.82, 2.24) is 15.3 Å². The van der Waals surface area contributed by atoms with E-state index in [1.165, 1.54) is 17.6 Å². The van der Waals surface area contributed by atoms with E-state index in [1.54, 1.807) is 12.3 Å². The number of aromatic nitrogens is 2. The summed E-state index contributed by atoms with van der Waals surface area (Å²) in [6, 6.07) is 5.14. The number of carbonyl (C=O) groups excluding carboxylic acids is 1. The Balaban J connectivity index is 1.49. The molecule has 2 aromatic heterocycles. The highest BCUT2D eigenvalue weighted by molar-refractivity contribution is 7.13. The summed E-state index contributed by atoms with van der Waals surface area (Å²) in [6.45, 7) is 0.596. The van der Waals surface area contributed by atoms with Crippen molar-refractivity contribution in [1.29, 1.82) is 0 Å². The van der Waals surface area contributed by atoms with Crippen LogP contribution in [0.2, 0.25) is 0 Å². The molecule has 3 heterocycles. The first-order valence-corrected chi connectivity index (χ1v) is 10.1. The number of thiazole rings is 1. The summed E-state index contributed by atoms with van der Waals surface area (Å²) in [4.78, 5) is 20.7. The molecule has 0 aliphatic carbocycles. The van der Waals surface area contributed by atoms with Gasteiger partial charge in [0.2, 0.25) is 0 Å². The number of aliphatic hydroxyl groups is 1. The summed E-state index contributed by atoms with van der Waals surface area (Å²) in [7, 11) is 0. The van der Waals surface area contributed by atoms with Crippen LogP contribution in [0, 0.1) is 11.6 Å². The quantitative estimate of drug-likeness (QED) is 0.554. The molecule has 0 bridgehead atoms. The number of halogens is 2. The molecule has 1 amide bonds. The van der Waals surface area contributed by atoms with Crippen molar-refractivity contribution in [3.63, 3.8) is 0 Å². The van der Waals surface area contributed by atoms with Crippen LogP contribution in [0.25, 0.3) is 10.6 Å². The number of nitrogens with zero attached hydrogens (tertiary/aromatic N) is 2. The zero-order valence-electron chi connectivity index (χ0n) is 15.6. The van der Waals surface area contributed by atoms with Gasteiger partial charge >= 0.3 is 0 Å². The second-order valence-corrected chi connectivity index (χ2v) is 7.58. The van der Waals surface area contributed by atoms with Gasteiger partial charge in [0.05, 0.1) is 18.4 Å². The minimum Gasteiger partial charge on any atom is -0.487 e. The summed E-state index contributed by atoms with van der Waals surface area (Å²) < 4.78 is 33.9.